The van der Waals surface area contributed by atoms with Crippen LogP contribution in [0.25, 0.3) is 0 Å². The average molecular weight is 483 g/mol. The van der Waals surface area contributed by atoms with Gasteiger partial charge >= 0.3 is 0 Å². The zero-order valence-electron chi connectivity index (χ0n) is 22.7. The standard InChI is InChI=1S/C35H46O/c1-3-5-8-28-11-17-31(18-12-28)32-19-13-29(14-20-32)9-6-7-10-30-15-21-33(22-16-30)34-23-25-35(26-24-34)36-27-4-2/h7,10,13-14,19-20,23-26,28,30-31,33H,3-5,8,11-12,15-18,21-22,27H2,1-2H3/b10-7+. The number of allylic oxidation sites excluding steroid dienone is 2. The van der Waals surface area contributed by atoms with Gasteiger partial charge in [-0.2, -0.15) is 0 Å². The van der Waals surface area contributed by atoms with Crippen LogP contribution in [0.3, 0.4) is 0 Å². The van der Waals surface area contributed by atoms with Crippen LogP contribution >= 0.6 is 0 Å². The molecular formula is C35H46O. The topological polar surface area (TPSA) is 9.23 Å². The van der Waals surface area contributed by atoms with Gasteiger partial charge in [-0.1, -0.05) is 75.3 Å². The summed E-state index contributed by atoms with van der Waals surface area (Å²) in [6.45, 7) is 5.25. The van der Waals surface area contributed by atoms with Gasteiger partial charge in [0.15, 0.2) is 0 Å². The maximum absolute atomic E-state index is 5.73. The largest absolute Gasteiger partial charge is 0.494 e. The lowest BCUT2D eigenvalue weighted by Crippen LogP contribution is -2.13. The van der Waals surface area contributed by atoms with Crippen LogP contribution in [-0.4, -0.2) is 6.61 Å². The second-order valence-electron chi connectivity index (χ2n) is 11.1. The highest BCUT2D eigenvalue weighted by molar-refractivity contribution is 5.39. The lowest BCUT2D eigenvalue weighted by Gasteiger charge is -2.28. The van der Waals surface area contributed by atoms with E-state index in [0.29, 0.717) is 11.8 Å². The number of unbranched alkanes of at least 4 members (excludes halogenated alkanes) is 1. The molecule has 2 fully saturated rings. The molecule has 0 unspecified atom stereocenters. The van der Waals surface area contributed by atoms with Crippen LogP contribution in [-0.2, 0) is 0 Å². The number of hydrogen-bond donors (Lipinski definition) is 0. The normalized spacial score (nSPS) is 24.3. The predicted molar refractivity (Wildman–Crippen MR) is 154 cm³/mol. The van der Waals surface area contributed by atoms with Gasteiger partial charge in [-0.05, 0) is 123 Å². The summed E-state index contributed by atoms with van der Waals surface area (Å²) in [7, 11) is 0. The van der Waals surface area contributed by atoms with Crippen LogP contribution in [0.4, 0.5) is 0 Å². The molecule has 0 amide bonds. The van der Waals surface area contributed by atoms with Gasteiger partial charge in [0.1, 0.15) is 5.75 Å². The van der Waals surface area contributed by atoms with E-state index in [-0.39, 0.29) is 0 Å². The van der Waals surface area contributed by atoms with Crippen LogP contribution in [0, 0.1) is 23.7 Å². The third-order valence-corrected chi connectivity index (χ3v) is 8.46. The van der Waals surface area contributed by atoms with Crippen LogP contribution in [0.5, 0.6) is 5.75 Å². The van der Waals surface area contributed by atoms with Crippen molar-refractivity contribution in [1.82, 2.24) is 0 Å². The molecule has 0 heterocycles. The molecule has 2 aromatic carbocycles. The minimum atomic E-state index is 0.664. The third kappa shape index (κ3) is 8.03. The zero-order chi connectivity index (χ0) is 25.0. The molecule has 1 nitrogen and oxygen atoms in total. The van der Waals surface area contributed by atoms with Crippen LogP contribution in [0.1, 0.15) is 119 Å². The summed E-state index contributed by atoms with van der Waals surface area (Å²) in [5, 5.41) is 0. The van der Waals surface area contributed by atoms with Gasteiger partial charge in [-0.15, -0.1) is 0 Å². The predicted octanol–water partition coefficient (Wildman–Crippen LogP) is 9.82. The minimum Gasteiger partial charge on any atom is -0.494 e. The smallest absolute Gasteiger partial charge is 0.119 e. The molecular weight excluding hydrogens is 436 g/mol. The fourth-order valence-corrected chi connectivity index (χ4v) is 6.13. The first-order valence-corrected chi connectivity index (χ1v) is 14.8. The second-order valence-corrected chi connectivity index (χ2v) is 11.1. The Bertz CT molecular complexity index is 972. The molecule has 192 valence electrons. The third-order valence-electron chi connectivity index (χ3n) is 8.46. The fourth-order valence-electron chi connectivity index (χ4n) is 6.13. The van der Waals surface area contributed by atoms with E-state index in [2.05, 4.69) is 86.4 Å². The van der Waals surface area contributed by atoms with Crippen molar-refractivity contribution >= 4 is 0 Å². The van der Waals surface area contributed by atoms with Crippen LogP contribution in [0.15, 0.2) is 60.7 Å². The summed E-state index contributed by atoms with van der Waals surface area (Å²) < 4.78 is 5.73. The second kappa shape index (κ2) is 14.3. The molecule has 2 aliphatic rings. The Morgan fingerprint density at radius 1 is 0.750 bits per heavy atom. The van der Waals surface area contributed by atoms with E-state index in [1.165, 1.54) is 81.8 Å². The quantitative estimate of drug-likeness (QED) is 0.323. The van der Waals surface area contributed by atoms with E-state index >= 15 is 0 Å². The lowest BCUT2D eigenvalue weighted by molar-refractivity contribution is 0.304. The molecule has 0 radical (unpaired) electrons. The Hall–Kier alpha value is -2.46. The van der Waals surface area contributed by atoms with Gasteiger partial charge in [-0.3, -0.25) is 0 Å². The SMILES string of the molecule is CCCCC1CCC(c2ccc(C#C/C=C/C3CCC(c4ccc(OCCC)cc4)CC3)cc2)CC1. The summed E-state index contributed by atoms with van der Waals surface area (Å²) in [4.78, 5) is 0. The molecule has 4 rings (SSSR count). The van der Waals surface area contributed by atoms with Gasteiger partial charge in [0.25, 0.3) is 0 Å². The van der Waals surface area contributed by atoms with Gasteiger partial charge in [0.05, 0.1) is 6.61 Å². The Labute approximate surface area is 220 Å². The Balaban J connectivity index is 1.19. The summed E-state index contributed by atoms with van der Waals surface area (Å²) >= 11 is 0. The Morgan fingerprint density at radius 3 is 1.97 bits per heavy atom. The summed E-state index contributed by atoms with van der Waals surface area (Å²) in [5.41, 5.74) is 4.12. The van der Waals surface area contributed by atoms with Gasteiger partial charge in [0, 0.05) is 5.56 Å². The van der Waals surface area contributed by atoms with Crippen molar-refractivity contribution in [3.8, 4) is 17.6 Å². The van der Waals surface area contributed by atoms with Crippen LogP contribution in [0.2, 0.25) is 0 Å². The molecule has 1 heteroatoms. The van der Waals surface area contributed by atoms with Crippen molar-refractivity contribution in [1.29, 1.82) is 0 Å². The van der Waals surface area contributed by atoms with Crippen molar-refractivity contribution in [2.75, 3.05) is 6.61 Å². The van der Waals surface area contributed by atoms with E-state index in [1.807, 2.05) is 0 Å². The minimum absolute atomic E-state index is 0.664. The number of ether oxygens (including phenoxy) is 1. The van der Waals surface area contributed by atoms with Crippen molar-refractivity contribution < 1.29 is 4.74 Å². The van der Waals surface area contributed by atoms with Crippen molar-refractivity contribution in [2.45, 2.75) is 103 Å². The first-order chi connectivity index (χ1) is 17.7. The number of hydrogen-bond acceptors (Lipinski definition) is 1. The van der Waals surface area contributed by atoms with Crippen molar-refractivity contribution in [3.05, 3.63) is 77.4 Å². The molecule has 0 N–H and O–H groups in total. The Kier molecular flexibility index (Phi) is 10.6. The van der Waals surface area contributed by atoms with Crippen molar-refractivity contribution in [3.63, 3.8) is 0 Å². The highest BCUT2D eigenvalue weighted by atomic mass is 16.5. The molecule has 0 bridgehead atoms. The molecule has 0 aliphatic heterocycles. The molecule has 0 atom stereocenters. The molecule has 2 saturated carbocycles. The van der Waals surface area contributed by atoms with Gasteiger partial charge < -0.3 is 4.74 Å². The maximum atomic E-state index is 5.73. The highest BCUT2D eigenvalue weighted by Gasteiger charge is 2.22. The number of benzene rings is 2. The van der Waals surface area contributed by atoms with Crippen molar-refractivity contribution in [2.24, 2.45) is 11.8 Å². The molecule has 0 aromatic heterocycles. The molecule has 2 aromatic rings. The molecule has 0 saturated heterocycles. The van der Waals surface area contributed by atoms with E-state index in [4.69, 9.17) is 4.74 Å². The monoisotopic (exact) mass is 482 g/mol. The van der Waals surface area contributed by atoms with E-state index in [0.717, 1.165) is 36.2 Å². The zero-order valence-corrected chi connectivity index (χ0v) is 22.7. The average Bonchev–Trinajstić information content (AvgIpc) is 2.94. The fraction of sp³-hybridized carbons (Fsp3) is 0.543. The lowest BCUT2D eigenvalue weighted by atomic mass is 9.77. The Morgan fingerprint density at radius 2 is 1.36 bits per heavy atom. The van der Waals surface area contributed by atoms with Gasteiger partial charge in [-0.25, -0.2) is 0 Å². The molecule has 36 heavy (non-hydrogen) atoms. The molecule has 0 spiro atoms. The maximum Gasteiger partial charge on any atom is 0.119 e. The molecule has 2 aliphatic carbocycles. The first-order valence-electron chi connectivity index (χ1n) is 14.8. The summed E-state index contributed by atoms with van der Waals surface area (Å²) in [6.07, 6.45) is 20.3. The summed E-state index contributed by atoms with van der Waals surface area (Å²) in [5.74, 6) is 10.7. The van der Waals surface area contributed by atoms with Crippen LogP contribution < -0.4 is 4.74 Å². The highest BCUT2D eigenvalue weighted by Crippen LogP contribution is 2.38. The summed E-state index contributed by atoms with van der Waals surface area (Å²) in [6, 6.07) is 17.9. The first kappa shape index (κ1) is 26.6. The van der Waals surface area contributed by atoms with E-state index < -0.39 is 0 Å². The van der Waals surface area contributed by atoms with E-state index in [9.17, 15) is 0 Å². The van der Waals surface area contributed by atoms with Gasteiger partial charge in [0.2, 0.25) is 0 Å². The van der Waals surface area contributed by atoms with E-state index in [1.54, 1.807) is 0 Å². The number of rotatable bonds is 9.